The highest BCUT2D eigenvalue weighted by Crippen LogP contribution is 2.28. The molecule has 2 rings (SSSR count). The first-order valence-electron chi connectivity index (χ1n) is 6.43. The van der Waals surface area contributed by atoms with Gasteiger partial charge in [-0.15, -0.1) is 0 Å². The number of amides is 1. The molecule has 1 amide bonds. The average Bonchev–Trinajstić information content (AvgIpc) is 2.46. The van der Waals surface area contributed by atoms with Gasteiger partial charge in [0.25, 0.3) is 5.91 Å². The second-order valence-electron chi connectivity index (χ2n) is 4.76. The van der Waals surface area contributed by atoms with Crippen LogP contribution in [0.1, 0.15) is 22.5 Å². The summed E-state index contributed by atoms with van der Waals surface area (Å²) >= 11 is 1.54. The number of halogens is 3. The molecule has 0 radical (unpaired) electrons. The van der Waals surface area contributed by atoms with Gasteiger partial charge in [0.1, 0.15) is 5.69 Å². The number of carboxylic acids is 1. The molecule has 1 aliphatic heterocycles. The molecule has 1 aromatic rings. The molecule has 0 aliphatic carbocycles. The zero-order valence-electron chi connectivity index (χ0n) is 11.3. The molecule has 5 nitrogen and oxygen atoms in total. The van der Waals surface area contributed by atoms with Crippen molar-refractivity contribution in [3.05, 3.63) is 29.6 Å². The summed E-state index contributed by atoms with van der Waals surface area (Å²) in [7, 11) is 0. The molecule has 1 atom stereocenters. The monoisotopic (exact) mass is 334 g/mol. The fourth-order valence-electron chi connectivity index (χ4n) is 2.13. The van der Waals surface area contributed by atoms with Crippen molar-refractivity contribution in [3.63, 3.8) is 0 Å². The standard InChI is InChI=1S/C13H13F3N2O3S/c14-13(15,16)8-1-2-10(17-6-8)12(21)18-3-4-22-7-9(18)5-11(19)20/h1-2,6,9H,3-5,7H2,(H,19,20). The van der Waals surface area contributed by atoms with Gasteiger partial charge < -0.3 is 10.0 Å². The maximum Gasteiger partial charge on any atom is 0.417 e. The third-order valence-corrected chi connectivity index (χ3v) is 4.30. The molecule has 0 aromatic carbocycles. The summed E-state index contributed by atoms with van der Waals surface area (Å²) in [5, 5.41) is 8.87. The molecule has 0 spiro atoms. The van der Waals surface area contributed by atoms with E-state index in [4.69, 9.17) is 5.11 Å². The van der Waals surface area contributed by atoms with Gasteiger partial charge in [0.15, 0.2) is 0 Å². The summed E-state index contributed by atoms with van der Waals surface area (Å²) in [6.07, 6.45) is -4.10. The highest BCUT2D eigenvalue weighted by atomic mass is 32.2. The van der Waals surface area contributed by atoms with Crippen LogP contribution in [0.25, 0.3) is 0 Å². The second-order valence-corrected chi connectivity index (χ2v) is 5.90. The SMILES string of the molecule is O=C(O)CC1CSCCN1C(=O)c1ccc(C(F)(F)F)cn1. The Kier molecular flexibility index (Phi) is 4.94. The molecule has 1 N–H and O–H groups in total. The number of alkyl halides is 3. The van der Waals surface area contributed by atoms with Gasteiger partial charge >= 0.3 is 12.1 Å². The van der Waals surface area contributed by atoms with E-state index in [0.29, 0.717) is 24.2 Å². The topological polar surface area (TPSA) is 70.5 Å². The Morgan fingerprint density at radius 2 is 2.14 bits per heavy atom. The van der Waals surface area contributed by atoms with Crippen molar-refractivity contribution < 1.29 is 27.9 Å². The predicted molar refractivity (Wildman–Crippen MR) is 73.6 cm³/mol. The summed E-state index contributed by atoms with van der Waals surface area (Å²) in [4.78, 5) is 28.1. The van der Waals surface area contributed by atoms with E-state index >= 15 is 0 Å². The number of carboxylic acid groups (broad SMARTS) is 1. The maximum absolute atomic E-state index is 12.5. The number of carbonyl (C=O) groups is 2. The van der Waals surface area contributed by atoms with Crippen LogP contribution in [0.2, 0.25) is 0 Å². The molecule has 0 bridgehead atoms. The molecule has 1 saturated heterocycles. The van der Waals surface area contributed by atoms with Crippen molar-refractivity contribution in [2.45, 2.75) is 18.6 Å². The molecule has 1 aromatic heterocycles. The van der Waals surface area contributed by atoms with Gasteiger partial charge in [-0.2, -0.15) is 24.9 Å². The van der Waals surface area contributed by atoms with E-state index in [-0.39, 0.29) is 12.1 Å². The van der Waals surface area contributed by atoms with Crippen molar-refractivity contribution in [3.8, 4) is 0 Å². The third kappa shape index (κ3) is 3.90. The molecule has 0 saturated carbocycles. The Labute approximate surface area is 128 Å². The number of thioether (sulfide) groups is 1. The zero-order chi connectivity index (χ0) is 16.3. The largest absolute Gasteiger partial charge is 0.481 e. The van der Waals surface area contributed by atoms with Crippen molar-refractivity contribution in [2.75, 3.05) is 18.1 Å². The summed E-state index contributed by atoms with van der Waals surface area (Å²) in [6, 6.07) is 1.34. The highest BCUT2D eigenvalue weighted by Gasteiger charge is 2.33. The molecule has 22 heavy (non-hydrogen) atoms. The lowest BCUT2D eigenvalue weighted by atomic mass is 10.1. The lowest BCUT2D eigenvalue weighted by Gasteiger charge is -2.34. The quantitative estimate of drug-likeness (QED) is 0.917. The number of aromatic nitrogens is 1. The number of hydrogen-bond donors (Lipinski definition) is 1. The number of aliphatic carboxylic acids is 1. The zero-order valence-corrected chi connectivity index (χ0v) is 12.2. The first-order valence-corrected chi connectivity index (χ1v) is 7.58. The maximum atomic E-state index is 12.5. The Morgan fingerprint density at radius 3 is 2.68 bits per heavy atom. The van der Waals surface area contributed by atoms with Gasteiger partial charge in [0, 0.05) is 24.2 Å². The molecular formula is C13H13F3N2O3S. The van der Waals surface area contributed by atoms with E-state index < -0.39 is 29.7 Å². The Balaban J connectivity index is 2.16. The minimum Gasteiger partial charge on any atom is -0.481 e. The Bertz CT molecular complexity index is 563. The molecule has 120 valence electrons. The lowest BCUT2D eigenvalue weighted by Crippen LogP contribution is -2.47. The van der Waals surface area contributed by atoms with Crippen LogP contribution in [0, 0.1) is 0 Å². The van der Waals surface area contributed by atoms with Crippen LogP contribution < -0.4 is 0 Å². The minimum absolute atomic E-state index is 0.115. The Morgan fingerprint density at radius 1 is 1.41 bits per heavy atom. The fraction of sp³-hybridized carbons (Fsp3) is 0.462. The average molecular weight is 334 g/mol. The Hall–Kier alpha value is -1.77. The fourth-order valence-corrected chi connectivity index (χ4v) is 3.19. The van der Waals surface area contributed by atoms with E-state index in [1.54, 1.807) is 11.8 Å². The number of hydrogen-bond acceptors (Lipinski definition) is 4. The van der Waals surface area contributed by atoms with Crippen molar-refractivity contribution in [1.82, 2.24) is 9.88 Å². The normalized spacial score (nSPS) is 19.0. The van der Waals surface area contributed by atoms with E-state index in [0.717, 1.165) is 12.1 Å². The smallest absolute Gasteiger partial charge is 0.417 e. The van der Waals surface area contributed by atoms with Gasteiger partial charge in [0.2, 0.25) is 0 Å². The van der Waals surface area contributed by atoms with Crippen LogP contribution in [0.4, 0.5) is 13.2 Å². The van der Waals surface area contributed by atoms with Crippen LogP contribution in [0.15, 0.2) is 18.3 Å². The van der Waals surface area contributed by atoms with Crippen LogP contribution >= 0.6 is 11.8 Å². The summed E-state index contributed by atoms with van der Waals surface area (Å²) in [6.45, 7) is 0.351. The van der Waals surface area contributed by atoms with Crippen LogP contribution in [-0.2, 0) is 11.0 Å². The molecular weight excluding hydrogens is 321 g/mol. The molecule has 1 unspecified atom stereocenters. The first-order chi connectivity index (χ1) is 10.3. The van der Waals surface area contributed by atoms with E-state index in [9.17, 15) is 22.8 Å². The molecule has 9 heteroatoms. The van der Waals surface area contributed by atoms with Crippen molar-refractivity contribution in [2.24, 2.45) is 0 Å². The van der Waals surface area contributed by atoms with E-state index in [1.807, 2.05) is 0 Å². The van der Waals surface area contributed by atoms with Crippen LogP contribution in [-0.4, -0.2) is 51.0 Å². The van der Waals surface area contributed by atoms with Crippen molar-refractivity contribution in [1.29, 1.82) is 0 Å². The van der Waals surface area contributed by atoms with Crippen LogP contribution in [0.3, 0.4) is 0 Å². The van der Waals surface area contributed by atoms with Gasteiger partial charge in [-0.3, -0.25) is 14.6 Å². The number of pyridine rings is 1. The van der Waals surface area contributed by atoms with E-state index in [1.165, 1.54) is 4.90 Å². The van der Waals surface area contributed by atoms with E-state index in [2.05, 4.69) is 4.98 Å². The molecule has 1 fully saturated rings. The third-order valence-electron chi connectivity index (χ3n) is 3.21. The first kappa shape index (κ1) is 16.6. The minimum atomic E-state index is -4.51. The number of nitrogens with zero attached hydrogens (tertiary/aromatic N) is 2. The van der Waals surface area contributed by atoms with Gasteiger partial charge in [-0.05, 0) is 12.1 Å². The van der Waals surface area contributed by atoms with Gasteiger partial charge in [0.05, 0.1) is 18.0 Å². The lowest BCUT2D eigenvalue weighted by molar-refractivity contribution is -0.138. The molecule has 2 heterocycles. The summed E-state index contributed by atoms with van der Waals surface area (Å²) < 4.78 is 37.4. The second kappa shape index (κ2) is 6.55. The predicted octanol–water partition coefficient (Wildman–Crippen LogP) is 2.13. The van der Waals surface area contributed by atoms with Gasteiger partial charge in [-0.1, -0.05) is 0 Å². The summed E-state index contributed by atoms with van der Waals surface area (Å²) in [5.74, 6) is -0.424. The van der Waals surface area contributed by atoms with Crippen molar-refractivity contribution >= 4 is 23.6 Å². The number of carbonyl (C=O) groups excluding carboxylic acids is 1. The van der Waals surface area contributed by atoms with Gasteiger partial charge in [-0.25, -0.2) is 0 Å². The highest BCUT2D eigenvalue weighted by molar-refractivity contribution is 7.99. The number of rotatable bonds is 3. The molecule has 1 aliphatic rings. The van der Waals surface area contributed by atoms with Crippen LogP contribution in [0.5, 0.6) is 0 Å². The summed E-state index contributed by atoms with van der Waals surface area (Å²) in [5.41, 5.74) is -1.05.